The van der Waals surface area contributed by atoms with Crippen LogP contribution in [0.15, 0.2) is 52.5 Å². The molecule has 1 aromatic heterocycles. The number of aromatic nitrogens is 4. The number of hydrogen-bond donors (Lipinski definition) is 0. The lowest BCUT2D eigenvalue weighted by molar-refractivity contribution is 0.0883. The summed E-state index contributed by atoms with van der Waals surface area (Å²) >= 11 is 1.03. The molecule has 2 heterocycles. The number of nitrogens with zero attached hydrogens (tertiary/aromatic N) is 5. The molecular weight excluding hydrogens is 418 g/mol. The second kappa shape index (κ2) is 7.37. The van der Waals surface area contributed by atoms with Gasteiger partial charge in [0, 0.05) is 0 Å². The molecule has 3 aromatic rings. The Morgan fingerprint density at radius 3 is 2.52 bits per heavy atom. The average Bonchev–Trinajstić information content (AvgIpc) is 3.28. The Labute approximate surface area is 170 Å². The summed E-state index contributed by atoms with van der Waals surface area (Å²) in [7, 11) is -1.27. The van der Waals surface area contributed by atoms with Gasteiger partial charge in [-0.1, -0.05) is 30.0 Å². The van der Waals surface area contributed by atoms with Crippen LogP contribution in [-0.2, 0) is 10.0 Å². The zero-order valence-corrected chi connectivity index (χ0v) is 17.0. The molecule has 150 valence electrons. The first-order valence-electron chi connectivity index (χ1n) is 8.27. The zero-order chi connectivity index (χ0) is 20.6. The minimum atomic E-state index is -4.03. The van der Waals surface area contributed by atoms with E-state index in [1.54, 1.807) is 0 Å². The number of rotatable bonds is 6. The van der Waals surface area contributed by atoms with E-state index in [1.165, 1.54) is 31.0 Å². The lowest BCUT2D eigenvalue weighted by Crippen LogP contribution is -2.29. The largest absolute Gasteiger partial charge is 0.493 e. The van der Waals surface area contributed by atoms with Crippen molar-refractivity contribution in [3.05, 3.63) is 48.0 Å². The van der Waals surface area contributed by atoms with Crippen molar-refractivity contribution in [2.75, 3.05) is 20.1 Å². The molecule has 29 heavy (non-hydrogen) atoms. The van der Waals surface area contributed by atoms with Gasteiger partial charge in [-0.15, -0.1) is 5.10 Å². The standard InChI is InChI=1S/C17H15N5O5S2/c1-26-12-8-9-13-14(15(12)27-2)16(23)21(29(13,24)25)10-28-17-18-19-20-22(17)11-6-4-3-5-7-11/h3-9H,10H2,1-2H3. The summed E-state index contributed by atoms with van der Waals surface area (Å²) in [5.74, 6) is -0.534. The first-order valence-corrected chi connectivity index (χ1v) is 10.7. The van der Waals surface area contributed by atoms with Crippen LogP contribution >= 0.6 is 11.8 Å². The van der Waals surface area contributed by atoms with E-state index in [0.717, 1.165) is 16.1 Å². The molecule has 1 aliphatic heterocycles. The Kier molecular flexibility index (Phi) is 4.88. The number of thioether (sulfide) groups is 1. The predicted molar refractivity (Wildman–Crippen MR) is 103 cm³/mol. The van der Waals surface area contributed by atoms with Gasteiger partial charge in [-0.25, -0.2) is 12.7 Å². The predicted octanol–water partition coefficient (Wildman–Crippen LogP) is 1.57. The van der Waals surface area contributed by atoms with Crippen molar-refractivity contribution in [2.45, 2.75) is 10.1 Å². The summed E-state index contributed by atoms with van der Waals surface area (Å²) in [6.07, 6.45) is 0. The molecule has 0 bridgehead atoms. The molecule has 1 aliphatic rings. The van der Waals surface area contributed by atoms with Gasteiger partial charge in [-0.3, -0.25) is 4.79 Å². The number of carbonyl (C=O) groups excluding carboxylic acids is 1. The maximum absolute atomic E-state index is 12.9. The van der Waals surface area contributed by atoms with Crippen LogP contribution in [0.4, 0.5) is 0 Å². The number of fused-ring (bicyclic) bond motifs is 1. The highest BCUT2D eigenvalue weighted by Crippen LogP contribution is 2.42. The fraction of sp³-hybridized carbons (Fsp3) is 0.176. The van der Waals surface area contributed by atoms with Crippen molar-refractivity contribution in [2.24, 2.45) is 0 Å². The van der Waals surface area contributed by atoms with E-state index in [0.29, 0.717) is 10.8 Å². The molecule has 12 heteroatoms. The van der Waals surface area contributed by atoms with Gasteiger partial charge in [0.25, 0.3) is 15.9 Å². The third kappa shape index (κ3) is 3.09. The van der Waals surface area contributed by atoms with E-state index >= 15 is 0 Å². The van der Waals surface area contributed by atoms with Crippen molar-refractivity contribution in [1.82, 2.24) is 24.5 Å². The summed E-state index contributed by atoms with van der Waals surface area (Å²) in [5.41, 5.74) is 0.667. The third-order valence-electron chi connectivity index (χ3n) is 4.27. The first-order chi connectivity index (χ1) is 14.0. The monoisotopic (exact) mass is 433 g/mol. The van der Waals surface area contributed by atoms with Crippen LogP contribution in [0, 0.1) is 0 Å². The second-order valence-electron chi connectivity index (χ2n) is 5.82. The van der Waals surface area contributed by atoms with Gasteiger partial charge < -0.3 is 9.47 Å². The molecule has 1 amide bonds. The van der Waals surface area contributed by atoms with Crippen molar-refractivity contribution >= 4 is 27.7 Å². The Balaban J connectivity index is 1.65. The fourth-order valence-corrected chi connectivity index (χ4v) is 5.57. The summed E-state index contributed by atoms with van der Waals surface area (Å²) in [4.78, 5) is 12.8. The Hall–Kier alpha value is -3.12. The van der Waals surface area contributed by atoms with Gasteiger partial charge in [-0.2, -0.15) is 4.68 Å². The number of methoxy groups -OCH3 is 2. The highest BCUT2D eigenvalue weighted by molar-refractivity contribution is 8.00. The van der Waals surface area contributed by atoms with Crippen LogP contribution in [0.1, 0.15) is 10.4 Å². The smallest absolute Gasteiger partial charge is 0.273 e. The summed E-state index contributed by atoms with van der Waals surface area (Å²) in [5, 5.41) is 11.8. The summed E-state index contributed by atoms with van der Waals surface area (Å²) in [6.45, 7) is 0. The molecule has 10 nitrogen and oxygen atoms in total. The molecule has 0 fully saturated rings. The minimum Gasteiger partial charge on any atom is -0.493 e. The molecule has 0 saturated carbocycles. The van der Waals surface area contributed by atoms with Crippen molar-refractivity contribution in [3.8, 4) is 17.2 Å². The molecule has 0 N–H and O–H groups in total. The zero-order valence-electron chi connectivity index (χ0n) is 15.3. The molecular formula is C17H15N5O5S2. The van der Waals surface area contributed by atoms with E-state index in [2.05, 4.69) is 15.5 Å². The molecule has 0 radical (unpaired) electrons. The van der Waals surface area contributed by atoms with E-state index in [9.17, 15) is 13.2 Å². The van der Waals surface area contributed by atoms with Crippen molar-refractivity contribution < 1.29 is 22.7 Å². The van der Waals surface area contributed by atoms with E-state index in [-0.39, 0.29) is 27.8 Å². The van der Waals surface area contributed by atoms with Gasteiger partial charge in [0.05, 0.1) is 25.8 Å². The molecule has 0 spiro atoms. The highest BCUT2D eigenvalue weighted by Gasteiger charge is 2.44. The van der Waals surface area contributed by atoms with Crippen LogP contribution in [0.25, 0.3) is 5.69 Å². The summed E-state index contributed by atoms with van der Waals surface area (Å²) in [6, 6.07) is 11.9. The van der Waals surface area contributed by atoms with Gasteiger partial charge in [0.15, 0.2) is 11.5 Å². The Morgan fingerprint density at radius 1 is 1.07 bits per heavy atom. The number of tetrazole rings is 1. The normalized spacial score (nSPS) is 14.7. The number of sulfonamides is 1. The van der Waals surface area contributed by atoms with Crippen LogP contribution in [0.3, 0.4) is 0 Å². The number of carbonyl (C=O) groups is 1. The first kappa shape index (κ1) is 19.2. The molecule has 2 aromatic carbocycles. The Bertz CT molecular complexity index is 1180. The fourth-order valence-electron chi connectivity index (χ4n) is 2.92. The van der Waals surface area contributed by atoms with Crippen LogP contribution in [-0.4, -0.2) is 58.9 Å². The van der Waals surface area contributed by atoms with Crippen molar-refractivity contribution in [3.63, 3.8) is 0 Å². The maximum atomic E-state index is 12.9. The summed E-state index contributed by atoms with van der Waals surface area (Å²) < 4.78 is 38.5. The SMILES string of the molecule is COc1ccc2c(c1OC)C(=O)N(CSc1nnnn1-c1ccccc1)S2(=O)=O. The molecule has 0 aliphatic carbocycles. The van der Waals surface area contributed by atoms with E-state index < -0.39 is 15.9 Å². The minimum absolute atomic E-state index is 0.0462. The topological polar surface area (TPSA) is 117 Å². The Morgan fingerprint density at radius 2 is 1.83 bits per heavy atom. The molecule has 0 unspecified atom stereocenters. The van der Waals surface area contributed by atoms with E-state index in [4.69, 9.17) is 9.47 Å². The highest BCUT2D eigenvalue weighted by atomic mass is 32.2. The van der Waals surface area contributed by atoms with Gasteiger partial charge in [0.1, 0.15) is 10.5 Å². The van der Waals surface area contributed by atoms with Crippen molar-refractivity contribution in [1.29, 1.82) is 0 Å². The lowest BCUT2D eigenvalue weighted by Gasteiger charge is -2.14. The third-order valence-corrected chi connectivity index (χ3v) is 7.10. The number of amides is 1. The molecule has 0 saturated heterocycles. The van der Waals surface area contributed by atoms with Crippen LogP contribution in [0.2, 0.25) is 0 Å². The lowest BCUT2D eigenvalue weighted by atomic mass is 10.1. The molecule has 0 atom stereocenters. The average molecular weight is 433 g/mol. The number of ether oxygens (including phenoxy) is 2. The van der Waals surface area contributed by atoms with Gasteiger partial charge in [-0.05, 0) is 34.7 Å². The van der Waals surface area contributed by atoms with Gasteiger partial charge >= 0.3 is 0 Å². The second-order valence-corrected chi connectivity index (χ2v) is 8.56. The van der Waals surface area contributed by atoms with Gasteiger partial charge in [0.2, 0.25) is 5.16 Å². The van der Waals surface area contributed by atoms with Crippen LogP contribution in [0.5, 0.6) is 11.5 Å². The number of para-hydroxylation sites is 1. The van der Waals surface area contributed by atoms with E-state index in [1.807, 2.05) is 30.3 Å². The maximum Gasteiger partial charge on any atom is 0.273 e. The van der Waals surface area contributed by atoms with Crippen LogP contribution < -0.4 is 9.47 Å². The quantitative estimate of drug-likeness (QED) is 0.534. The number of benzene rings is 2. The molecule has 4 rings (SSSR count). The number of hydrogen-bond acceptors (Lipinski definition) is 9.